The number of esters is 4. The van der Waals surface area contributed by atoms with Crippen molar-refractivity contribution in [2.75, 3.05) is 6.61 Å². The highest BCUT2D eigenvalue weighted by molar-refractivity contribution is 5.85. The minimum absolute atomic E-state index is 0.0427. The molecule has 11 nitrogen and oxygen atoms in total. The first-order valence-electron chi connectivity index (χ1n) is 21.2. The molecular weight excluding hydrogens is 716 g/mol. The molecule has 1 N–H and O–H groups in total. The molecule has 0 aromatic heterocycles. The third kappa shape index (κ3) is 6.96. The number of aliphatic hydroxyl groups excluding tert-OH is 1. The van der Waals surface area contributed by atoms with Gasteiger partial charge in [0.25, 0.3) is 0 Å². The minimum atomic E-state index is -1.32. The molecule has 1 aliphatic heterocycles. The summed E-state index contributed by atoms with van der Waals surface area (Å²) in [7, 11) is 0. The van der Waals surface area contributed by atoms with Gasteiger partial charge < -0.3 is 28.8 Å². The van der Waals surface area contributed by atoms with Crippen LogP contribution in [0.4, 0.5) is 0 Å². The van der Waals surface area contributed by atoms with Crippen molar-refractivity contribution in [1.82, 2.24) is 0 Å². The van der Waals surface area contributed by atoms with Crippen molar-refractivity contribution in [1.29, 1.82) is 0 Å². The van der Waals surface area contributed by atoms with Crippen LogP contribution in [-0.4, -0.2) is 78.0 Å². The molecule has 0 aromatic rings. The van der Waals surface area contributed by atoms with E-state index in [1.807, 2.05) is 0 Å². The summed E-state index contributed by atoms with van der Waals surface area (Å²) >= 11 is 0. The number of ether oxygens (including phenoxy) is 5. The van der Waals surface area contributed by atoms with Gasteiger partial charge in [0.2, 0.25) is 0 Å². The quantitative estimate of drug-likeness (QED) is 0.145. The summed E-state index contributed by atoms with van der Waals surface area (Å²) in [5.74, 6) is -0.433. The standard InChI is InChI=1S/C45H68O11/c1-24(2)29-14-19-45(22-31(50)37-39(54-27(5)48)40(55-28(6)49)38(53-26(4)47)32(56-37)23-52-25(3)46)21-20-43(10)30(36(29)45)12-13-34-42(9)17-16-35(51)41(7,8)33(42)15-18-44(34,43)11/h29-34,36-40,50H,1,12-23H2,2-11H3/t29-,30?,31+,32?,33?,34?,36?,37-,38+,39?,40-,42-,43+,44+,45+/m0/s1. The van der Waals surface area contributed by atoms with E-state index in [4.69, 9.17) is 23.7 Å². The zero-order valence-electron chi connectivity index (χ0n) is 35.6. The van der Waals surface area contributed by atoms with E-state index >= 15 is 0 Å². The summed E-state index contributed by atoms with van der Waals surface area (Å²) in [5, 5.41) is 12.5. The maximum atomic E-state index is 13.3. The summed E-state index contributed by atoms with van der Waals surface area (Å²) in [6, 6.07) is 0. The van der Waals surface area contributed by atoms with E-state index in [1.54, 1.807) is 0 Å². The molecule has 1 heterocycles. The minimum Gasteiger partial charge on any atom is -0.463 e. The first kappa shape index (κ1) is 42.8. The van der Waals surface area contributed by atoms with E-state index in [9.17, 15) is 29.1 Å². The Balaban J connectivity index is 1.35. The lowest BCUT2D eigenvalue weighted by Gasteiger charge is -2.72. The lowest BCUT2D eigenvalue weighted by atomic mass is 9.32. The summed E-state index contributed by atoms with van der Waals surface area (Å²) in [6.45, 7) is 23.2. The SMILES string of the molecule is C=C(C)[C@@H]1CC[C@]2(C[C@@H](O)[C@@H]3OC(COC(C)=O)[C@@H](OC(C)=O)[C@H](OC(C)=O)C3OC(C)=O)CC[C@]3(C)C(CCC4[C@@]5(C)CCC(=O)C(C)(C)C5CC[C@]43C)C12. The molecule has 5 saturated carbocycles. The maximum Gasteiger partial charge on any atom is 0.303 e. The van der Waals surface area contributed by atoms with Gasteiger partial charge in [0.1, 0.15) is 24.6 Å². The molecule has 11 heteroatoms. The van der Waals surface area contributed by atoms with Crippen LogP contribution in [-0.2, 0) is 47.7 Å². The summed E-state index contributed by atoms with van der Waals surface area (Å²) in [4.78, 5) is 62.7. The van der Waals surface area contributed by atoms with E-state index in [-0.39, 0.29) is 45.5 Å². The van der Waals surface area contributed by atoms with E-state index in [2.05, 4.69) is 48.1 Å². The van der Waals surface area contributed by atoms with Gasteiger partial charge in [-0.25, -0.2) is 0 Å². The van der Waals surface area contributed by atoms with Crippen LogP contribution in [0, 0.1) is 56.7 Å². The molecule has 15 atom stereocenters. The number of carbonyl (C=O) groups excluding carboxylic acids is 5. The van der Waals surface area contributed by atoms with Gasteiger partial charge in [0.15, 0.2) is 18.3 Å². The fraction of sp³-hybridized carbons (Fsp3) is 0.844. The molecule has 0 radical (unpaired) electrons. The fourth-order valence-electron chi connectivity index (χ4n) is 14.5. The Labute approximate surface area is 333 Å². The van der Waals surface area contributed by atoms with Crippen LogP contribution < -0.4 is 0 Å². The van der Waals surface area contributed by atoms with Crippen molar-refractivity contribution < 1.29 is 52.8 Å². The zero-order chi connectivity index (χ0) is 41.3. The highest BCUT2D eigenvalue weighted by atomic mass is 16.7. The predicted octanol–water partition coefficient (Wildman–Crippen LogP) is 7.09. The molecule has 314 valence electrons. The molecular formula is C45H68O11. The highest BCUT2D eigenvalue weighted by Gasteiger charge is 2.71. The molecule has 1 saturated heterocycles. The van der Waals surface area contributed by atoms with Crippen molar-refractivity contribution in [2.45, 2.75) is 176 Å². The van der Waals surface area contributed by atoms with Gasteiger partial charge in [-0.1, -0.05) is 46.8 Å². The van der Waals surface area contributed by atoms with Gasteiger partial charge in [-0.05, 0) is 122 Å². The number of ketones is 1. The lowest BCUT2D eigenvalue weighted by Crippen LogP contribution is -2.67. The number of fused-ring (bicyclic) bond motifs is 7. The third-order valence-electron chi connectivity index (χ3n) is 17.0. The van der Waals surface area contributed by atoms with Crippen molar-refractivity contribution in [3.05, 3.63) is 12.2 Å². The van der Waals surface area contributed by atoms with Crippen molar-refractivity contribution in [3.63, 3.8) is 0 Å². The van der Waals surface area contributed by atoms with Crippen LogP contribution in [0.3, 0.4) is 0 Å². The predicted molar refractivity (Wildman–Crippen MR) is 207 cm³/mol. The fourth-order valence-corrected chi connectivity index (χ4v) is 14.5. The largest absolute Gasteiger partial charge is 0.463 e. The average molecular weight is 785 g/mol. The van der Waals surface area contributed by atoms with Crippen LogP contribution in [0.2, 0.25) is 0 Å². The average Bonchev–Trinajstić information content (AvgIpc) is 3.47. The number of hydrogen-bond donors (Lipinski definition) is 1. The summed E-state index contributed by atoms with van der Waals surface area (Å²) < 4.78 is 28.9. The van der Waals surface area contributed by atoms with E-state index in [1.165, 1.54) is 33.3 Å². The van der Waals surface area contributed by atoms with Crippen LogP contribution >= 0.6 is 0 Å². The molecule has 5 aliphatic carbocycles. The summed E-state index contributed by atoms with van der Waals surface area (Å²) in [6.07, 6.45) is 2.78. The Morgan fingerprint density at radius 1 is 0.750 bits per heavy atom. The second-order valence-corrected chi connectivity index (χ2v) is 20.1. The molecule has 6 unspecified atom stereocenters. The third-order valence-corrected chi connectivity index (χ3v) is 17.0. The van der Waals surface area contributed by atoms with E-state index in [0.29, 0.717) is 36.4 Å². The van der Waals surface area contributed by atoms with Gasteiger partial charge in [0, 0.05) is 39.5 Å². The van der Waals surface area contributed by atoms with Crippen molar-refractivity contribution in [3.8, 4) is 0 Å². The Morgan fingerprint density at radius 2 is 1.38 bits per heavy atom. The molecule has 0 spiro atoms. The lowest BCUT2D eigenvalue weighted by molar-refractivity contribution is -0.270. The van der Waals surface area contributed by atoms with Gasteiger partial charge in [-0.3, -0.25) is 24.0 Å². The molecule has 0 amide bonds. The molecule has 56 heavy (non-hydrogen) atoms. The van der Waals surface area contributed by atoms with E-state index < -0.39 is 60.5 Å². The smallest absolute Gasteiger partial charge is 0.303 e. The van der Waals surface area contributed by atoms with Crippen LogP contribution in [0.1, 0.15) is 140 Å². The second-order valence-electron chi connectivity index (χ2n) is 20.1. The Kier molecular flexibility index (Phi) is 11.5. The first-order chi connectivity index (χ1) is 26.0. The monoisotopic (exact) mass is 784 g/mol. The highest BCUT2D eigenvalue weighted by Crippen LogP contribution is 2.77. The number of aliphatic hydroxyl groups is 1. The van der Waals surface area contributed by atoms with Gasteiger partial charge in [-0.2, -0.15) is 0 Å². The number of Topliss-reactive ketones (excluding diaryl/α,β-unsaturated/α-hetero) is 1. The second kappa shape index (κ2) is 15.1. The summed E-state index contributed by atoms with van der Waals surface area (Å²) in [5.41, 5.74) is 0.817. The van der Waals surface area contributed by atoms with Gasteiger partial charge in [-0.15, -0.1) is 0 Å². The molecule has 6 aliphatic rings. The molecule has 0 aromatic carbocycles. The molecule has 6 rings (SSSR count). The molecule has 0 bridgehead atoms. The number of rotatable bonds is 9. The van der Waals surface area contributed by atoms with Crippen molar-refractivity contribution in [2.24, 2.45) is 56.7 Å². The topological polar surface area (TPSA) is 152 Å². The Morgan fingerprint density at radius 3 is 1.98 bits per heavy atom. The van der Waals surface area contributed by atoms with Crippen LogP contribution in [0.25, 0.3) is 0 Å². The molecule has 6 fully saturated rings. The number of allylic oxidation sites excluding steroid dienone is 1. The van der Waals surface area contributed by atoms with Gasteiger partial charge >= 0.3 is 23.9 Å². The van der Waals surface area contributed by atoms with Crippen LogP contribution in [0.5, 0.6) is 0 Å². The van der Waals surface area contributed by atoms with Crippen LogP contribution in [0.15, 0.2) is 12.2 Å². The maximum absolute atomic E-state index is 13.3. The van der Waals surface area contributed by atoms with Crippen molar-refractivity contribution >= 4 is 29.7 Å². The first-order valence-corrected chi connectivity index (χ1v) is 21.2. The normalized spacial score (nSPS) is 44.4. The van der Waals surface area contributed by atoms with E-state index in [0.717, 1.165) is 57.8 Å². The number of hydrogen-bond acceptors (Lipinski definition) is 11. The zero-order valence-corrected chi connectivity index (χ0v) is 35.6. The Bertz CT molecular complexity index is 1600. The Hall–Kier alpha value is -2.79. The number of carbonyl (C=O) groups is 5. The van der Waals surface area contributed by atoms with Gasteiger partial charge in [0.05, 0.1) is 6.10 Å².